The van der Waals surface area contributed by atoms with Crippen LogP contribution in [0.4, 0.5) is 4.39 Å². The van der Waals surface area contributed by atoms with Crippen LogP contribution in [0.2, 0.25) is 5.02 Å². The Morgan fingerprint density at radius 1 is 1.36 bits per heavy atom. The minimum absolute atomic E-state index is 0.475. The first-order valence-electron chi connectivity index (χ1n) is 4.16. The van der Waals surface area contributed by atoms with E-state index in [2.05, 4.69) is 4.98 Å². The first-order valence-corrected chi connectivity index (χ1v) is 4.54. The van der Waals surface area contributed by atoms with Crippen molar-refractivity contribution in [1.82, 2.24) is 9.55 Å². The highest BCUT2D eigenvalue weighted by Gasteiger charge is 2.01. The number of aromatic nitrogens is 2. The van der Waals surface area contributed by atoms with E-state index in [-0.39, 0.29) is 0 Å². The predicted octanol–water partition coefficient (Wildman–Crippen LogP) is 2.72. The molecule has 0 aliphatic carbocycles. The van der Waals surface area contributed by atoms with E-state index in [0.29, 0.717) is 11.6 Å². The molecule has 2 nitrogen and oxygen atoms in total. The van der Waals surface area contributed by atoms with E-state index in [1.807, 2.05) is 24.3 Å². The zero-order valence-electron chi connectivity index (χ0n) is 7.32. The van der Waals surface area contributed by atoms with E-state index in [1.54, 1.807) is 4.57 Å². The van der Waals surface area contributed by atoms with Gasteiger partial charge < -0.3 is 4.57 Å². The number of nitrogens with zero attached hydrogens (tertiary/aromatic N) is 2. The lowest BCUT2D eigenvalue weighted by molar-refractivity contribution is 0.588. The molecule has 0 unspecified atom stereocenters. The summed E-state index contributed by atoms with van der Waals surface area (Å²) in [5.74, 6) is -0.475. The molecule has 0 amide bonds. The van der Waals surface area contributed by atoms with Gasteiger partial charge in [-0.2, -0.15) is 4.39 Å². The van der Waals surface area contributed by atoms with Crippen molar-refractivity contribution in [3.05, 3.63) is 53.3 Å². The predicted molar refractivity (Wildman–Crippen MR) is 52.7 cm³/mol. The van der Waals surface area contributed by atoms with Crippen molar-refractivity contribution in [2.45, 2.75) is 6.54 Å². The Morgan fingerprint density at radius 3 is 2.79 bits per heavy atom. The van der Waals surface area contributed by atoms with Gasteiger partial charge in [-0.05, 0) is 11.6 Å². The maximum atomic E-state index is 12.6. The minimum atomic E-state index is -0.475. The highest BCUT2D eigenvalue weighted by molar-refractivity contribution is 6.31. The van der Waals surface area contributed by atoms with Gasteiger partial charge in [-0.1, -0.05) is 29.8 Å². The maximum absolute atomic E-state index is 12.6. The van der Waals surface area contributed by atoms with Gasteiger partial charge in [0.15, 0.2) is 0 Å². The summed E-state index contributed by atoms with van der Waals surface area (Å²) in [6.07, 6.45) is 2.78. The van der Waals surface area contributed by atoms with Gasteiger partial charge in [-0.3, -0.25) is 0 Å². The molecule has 1 heterocycles. The van der Waals surface area contributed by atoms with Crippen molar-refractivity contribution in [2.75, 3.05) is 0 Å². The van der Waals surface area contributed by atoms with Gasteiger partial charge in [0.1, 0.15) is 0 Å². The van der Waals surface area contributed by atoms with Crippen LogP contribution in [0.5, 0.6) is 0 Å². The first kappa shape index (κ1) is 9.21. The van der Waals surface area contributed by atoms with Crippen LogP contribution in [0.15, 0.2) is 36.8 Å². The number of benzene rings is 1. The van der Waals surface area contributed by atoms with Crippen LogP contribution in [0.3, 0.4) is 0 Å². The molecule has 0 aliphatic rings. The molecule has 72 valence electrons. The van der Waals surface area contributed by atoms with Crippen molar-refractivity contribution in [3.63, 3.8) is 0 Å². The zero-order chi connectivity index (χ0) is 9.97. The van der Waals surface area contributed by atoms with E-state index < -0.39 is 5.95 Å². The van der Waals surface area contributed by atoms with Gasteiger partial charge >= 0.3 is 0 Å². The van der Waals surface area contributed by atoms with E-state index in [0.717, 1.165) is 5.56 Å². The monoisotopic (exact) mass is 210 g/mol. The van der Waals surface area contributed by atoms with Gasteiger partial charge in [0, 0.05) is 5.02 Å². The van der Waals surface area contributed by atoms with Crippen molar-refractivity contribution in [3.8, 4) is 0 Å². The van der Waals surface area contributed by atoms with Gasteiger partial charge in [0.25, 0.3) is 0 Å². The maximum Gasteiger partial charge on any atom is 0.230 e. The second-order valence-electron chi connectivity index (χ2n) is 2.96. The summed E-state index contributed by atoms with van der Waals surface area (Å²) < 4.78 is 14.2. The van der Waals surface area contributed by atoms with Crippen LogP contribution in [0, 0.1) is 5.95 Å². The van der Waals surface area contributed by atoms with Crippen LogP contribution in [0.1, 0.15) is 5.56 Å². The fraction of sp³-hybridized carbons (Fsp3) is 0.100. The molecular formula is C10H8ClFN2. The van der Waals surface area contributed by atoms with Gasteiger partial charge in [0.2, 0.25) is 5.95 Å². The molecule has 0 bridgehead atoms. The van der Waals surface area contributed by atoms with Crippen LogP contribution in [-0.4, -0.2) is 9.55 Å². The van der Waals surface area contributed by atoms with Gasteiger partial charge in [-0.25, -0.2) is 4.98 Å². The number of rotatable bonds is 2. The Balaban J connectivity index is 2.23. The molecule has 1 aromatic carbocycles. The molecule has 0 spiro atoms. The second-order valence-corrected chi connectivity index (χ2v) is 3.37. The lowest BCUT2D eigenvalue weighted by Crippen LogP contribution is -1.96. The van der Waals surface area contributed by atoms with Crippen LogP contribution in [-0.2, 0) is 6.54 Å². The summed E-state index contributed by atoms with van der Waals surface area (Å²) in [6, 6.07) is 7.47. The number of hydrogen-bond acceptors (Lipinski definition) is 1. The molecular weight excluding hydrogens is 203 g/mol. The molecule has 0 N–H and O–H groups in total. The summed E-state index contributed by atoms with van der Waals surface area (Å²) in [7, 11) is 0. The first-order chi connectivity index (χ1) is 6.75. The molecule has 1 aromatic heterocycles. The Morgan fingerprint density at radius 2 is 2.14 bits per heavy atom. The third-order valence-corrected chi connectivity index (χ3v) is 2.28. The summed E-state index contributed by atoms with van der Waals surface area (Å²) >= 11 is 5.95. The molecule has 0 atom stereocenters. The molecule has 0 radical (unpaired) electrons. The Bertz CT molecular complexity index is 439. The molecule has 2 rings (SSSR count). The minimum Gasteiger partial charge on any atom is -0.330 e. The Kier molecular flexibility index (Phi) is 2.50. The molecule has 2 aromatic rings. The number of hydrogen-bond donors (Lipinski definition) is 0. The third-order valence-electron chi connectivity index (χ3n) is 1.91. The summed E-state index contributed by atoms with van der Waals surface area (Å²) in [4.78, 5) is 3.50. The van der Waals surface area contributed by atoms with E-state index >= 15 is 0 Å². The van der Waals surface area contributed by atoms with Crippen LogP contribution < -0.4 is 0 Å². The topological polar surface area (TPSA) is 17.8 Å². The number of halogens is 2. The van der Waals surface area contributed by atoms with Crippen LogP contribution in [0.25, 0.3) is 0 Å². The quantitative estimate of drug-likeness (QED) is 0.745. The SMILES string of the molecule is Fc1cn(Cc2ccccc2Cl)cn1. The Labute approximate surface area is 86.0 Å². The van der Waals surface area contributed by atoms with Crippen LogP contribution >= 0.6 is 11.6 Å². The second kappa shape index (κ2) is 3.80. The highest BCUT2D eigenvalue weighted by Crippen LogP contribution is 2.15. The van der Waals surface area contributed by atoms with Gasteiger partial charge in [-0.15, -0.1) is 0 Å². The summed E-state index contributed by atoms with van der Waals surface area (Å²) in [5, 5.41) is 0.682. The van der Waals surface area contributed by atoms with Crippen molar-refractivity contribution in [1.29, 1.82) is 0 Å². The van der Waals surface area contributed by atoms with E-state index in [9.17, 15) is 4.39 Å². The molecule has 4 heteroatoms. The molecule has 0 aliphatic heterocycles. The number of imidazole rings is 1. The largest absolute Gasteiger partial charge is 0.330 e. The Hall–Kier alpha value is -1.35. The summed E-state index contributed by atoms with van der Waals surface area (Å²) in [5.41, 5.74) is 0.951. The smallest absolute Gasteiger partial charge is 0.230 e. The fourth-order valence-corrected chi connectivity index (χ4v) is 1.44. The van der Waals surface area contributed by atoms with E-state index in [1.165, 1.54) is 12.5 Å². The molecule has 0 saturated heterocycles. The van der Waals surface area contributed by atoms with Gasteiger partial charge in [0.05, 0.1) is 19.1 Å². The third kappa shape index (κ3) is 1.93. The normalized spacial score (nSPS) is 10.4. The fourth-order valence-electron chi connectivity index (χ4n) is 1.24. The standard InChI is InChI=1S/C10H8ClFN2/c11-9-4-2-1-3-8(9)5-14-6-10(12)13-7-14/h1-4,6-7H,5H2. The summed E-state index contributed by atoms with van der Waals surface area (Å²) in [6.45, 7) is 0.538. The average Bonchev–Trinajstić information content (AvgIpc) is 2.56. The average molecular weight is 211 g/mol. The lowest BCUT2D eigenvalue weighted by Gasteiger charge is -2.03. The molecule has 0 saturated carbocycles. The zero-order valence-corrected chi connectivity index (χ0v) is 8.08. The lowest BCUT2D eigenvalue weighted by atomic mass is 10.2. The molecule has 14 heavy (non-hydrogen) atoms. The van der Waals surface area contributed by atoms with Crippen molar-refractivity contribution < 1.29 is 4.39 Å². The van der Waals surface area contributed by atoms with Crippen molar-refractivity contribution in [2.24, 2.45) is 0 Å². The van der Waals surface area contributed by atoms with Crippen molar-refractivity contribution >= 4 is 11.6 Å². The highest BCUT2D eigenvalue weighted by atomic mass is 35.5. The van der Waals surface area contributed by atoms with E-state index in [4.69, 9.17) is 11.6 Å². The molecule has 0 fully saturated rings.